The number of rotatable bonds is 8. The first-order chi connectivity index (χ1) is 14.4. The molecular weight excluding hydrogens is 406 g/mol. The summed E-state index contributed by atoms with van der Waals surface area (Å²) in [5.74, 6) is -1.44. The zero-order chi connectivity index (χ0) is 21.7. The average molecular weight is 429 g/mol. The Morgan fingerprint density at radius 2 is 1.73 bits per heavy atom. The van der Waals surface area contributed by atoms with Crippen molar-refractivity contribution in [1.29, 1.82) is 0 Å². The topological polar surface area (TPSA) is 113 Å². The molecule has 0 unspecified atom stereocenters. The van der Waals surface area contributed by atoms with E-state index in [4.69, 9.17) is 0 Å². The molecule has 0 bridgehead atoms. The van der Waals surface area contributed by atoms with Gasteiger partial charge in [0.25, 0.3) is 21.8 Å². The molecule has 0 saturated carbocycles. The molecule has 1 heterocycles. The molecule has 2 aromatic rings. The van der Waals surface area contributed by atoms with Crippen LogP contribution in [-0.4, -0.2) is 43.5 Å². The van der Waals surface area contributed by atoms with Gasteiger partial charge in [0.2, 0.25) is 5.91 Å². The first kappa shape index (κ1) is 21.5. The van der Waals surface area contributed by atoms with Gasteiger partial charge in [-0.1, -0.05) is 37.6 Å². The van der Waals surface area contributed by atoms with Crippen molar-refractivity contribution in [3.63, 3.8) is 0 Å². The number of fused-ring (bicyclic) bond motifs is 1. The van der Waals surface area contributed by atoms with Gasteiger partial charge in [-0.15, -0.1) is 0 Å². The van der Waals surface area contributed by atoms with Gasteiger partial charge in [0, 0.05) is 19.5 Å². The fourth-order valence-corrected chi connectivity index (χ4v) is 4.70. The van der Waals surface area contributed by atoms with Crippen LogP contribution in [0.2, 0.25) is 0 Å². The fourth-order valence-electron chi connectivity index (χ4n) is 3.13. The van der Waals surface area contributed by atoms with Crippen LogP contribution in [-0.2, 0) is 14.8 Å². The number of sulfonamides is 1. The molecule has 30 heavy (non-hydrogen) atoms. The lowest BCUT2D eigenvalue weighted by molar-refractivity contribution is -0.116. The summed E-state index contributed by atoms with van der Waals surface area (Å²) in [6, 6.07) is 12.5. The van der Waals surface area contributed by atoms with Gasteiger partial charge in [0.05, 0.1) is 16.8 Å². The highest BCUT2D eigenvalue weighted by Crippen LogP contribution is 2.29. The van der Waals surface area contributed by atoms with Crippen molar-refractivity contribution < 1.29 is 22.8 Å². The lowest BCUT2D eigenvalue weighted by Gasteiger charge is -2.15. The van der Waals surface area contributed by atoms with Crippen molar-refractivity contribution in [2.45, 2.75) is 31.1 Å². The quantitative estimate of drug-likeness (QED) is 0.626. The largest absolute Gasteiger partial charge is 0.352 e. The Hall–Kier alpha value is -3.20. The van der Waals surface area contributed by atoms with Crippen LogP contribution in [0, 0.1) is 0 Å². The van der Waals surface area contributed by atoms with Crippen LogP contribution in [0.25, 0.3) is 0 Å². The normalized spacial score (nSPS) is 14.3. The van der Waals surface area contributed by atoms with Crippen LogP contribution >= 0.6 is 0 Å². The Labute approximate surface area is 175 Å². The Morgan fingerprint density at radius 3 is 2.47 bits per heavy atom. The number of anilines is 1. The summed E-state index contributed by atoms with van der Waals surface area (Å²) in [5.41, 5.74) is 0.752. The molecule has 8 nitrogen and oxygen atoms in total. The van der Waals surface area contributed by atoms with Crippen LogP contribution in [0.15, 0.2) is 53.4 Å². The summed E-state index contributed by atoms with van der Waals surface area (Å²) in [6.07, 6.45) is 1.56. The number of nitrogens with one attached hydrogen (secondary N) is 2. The first-order valence-corrected chi connectivity index (χ1v) is 11.1. The summed E-state index contributed by atoms with van der Waals surface area (Å²) in [6.45, 7) is 2.27. The van der Waals surface area contributed by atoms with Crippen molar-refractivity contribution in [1.82, 2.24) is 9.62 Å². The van der Waals surface area contributed by atoms with Crippen LogP contribution in [0.1, 0.15) is 46.9 Å². The van der Waals surface area contributed by atoms with E-state index in [9.17, 15) is 22.8 Å². The van der Waals surface area contributed by atoms with Gasteiger partial charge < -0.3 is 10.6 Å². The molecule has 1 aliphatic heterocycles. The number of amides is 3. The minimum absolute atomic E-state index is 0.0514. The summed E-state index contributed by atoms with van der Waals surface area (Å²) in [4.78, 5) is 37.1. The predicted molar refractivity (Wildman–Crippen MR) is 112 cm³/mol. The Morgan fingerprint density at radius 1 is 1.03 bits per heavy atom. The van der Waals surface area contributed by atoms with Gasteiger partial charge in [-0.2, -0.15) is 0 Å². The maximum absolute atomic E-state index is 12.6. The predicted octanol–water partition coefficient (Wildman–Crippen LogP) is 2.39. The molecule has 2 N–H and O–H groups in total. The van der Waals surface area contributed by atoms with Crippen LogP contribution in [0.5, 0.6) is 0 Å². The van der Waals surface area contributed by atoms with Gasteiger partial charge >= 0.3 is 0 Å². The molecule has 0 fully saturated rings. The minimum atomic E-state index is -3.96. The van der Waals surface area contributed by atoms with Crippen molar-refractivity contribution in [2.75, 3.05) is 18.4 Å². The van der Waals surface area contributed by atoms with E-state index in [0.29, 0.717) is 22.1 Å². The summed E-state index contributed by atoms with van der Waals surface area (Å²) < 4.78 is 25.8. The number of hydrogen-bond acceptors (Lipinski definition) is 5. The monoisotopic (exact) mass is 429 g/mol. The van der Waals surface area contributed by atoms with E-state index in [1.54, 1.807) is 36.4 Å². The van der Waals surface area contributed by atoms with E-state index in [0.717, 1.165) is 12.8 Å². The minimum Gasteiger partial charge on any atom is -0.352 e. The molecule has 0 radical (unpaired) electrons. The number of carbonyl (C=O) groups is 3. The SMILES string of the molecule is CCCCNC(=O)c1ccccc1NC(=O)CCN1C(=O)c2ccccc2S1(=O)=O. The highest BCUT2D eigenvalue weighted by Gasteiger charge is 2.40. The number of unbranched alkanes of at least 4 members (excludes halogenated alkanes) is 1. The average Bonchev–Trinajstić information content (AvgIpc) is 2.93. The third-order valence-corrected chi connectivity index (χ3v) is 6.56. The molecule has 9 heteroatoms. The molecule has 0 saturated heterocycles. The summed E-state index contributed by atoms with van der Waals surface area (Å²) in [7, 11) is -3.96. The molecule has 3 amide bonds. The second kappa shape index (κ2) is 9.08. The maximum atomic E-state index is 12.6. The molecule has 0 spiro atoms. The second-order valence-corrected chi connectivity index (χ2v) is 8.66. The standard InChI is InChI=1S/C21H23N3O5S/c1-2-3-13-22-20(26)15-8-4-6-10-17(15)23-19(25)12-14-24-21(27)16-9-5-7-11-18(16)30(24,28)29/h4-11H,2-3,12-14H2,1H3,(H,22,26)(H,23,25). The molecule has 2 aromatic carbocycles. The molecule has 0 aliphatic carbocycles. The number of hydrogen-bond donors (Lipinski definition) is 2. The van der Waals surface area contributed by atoms with Gasteiger partial charge in [-0.25, -0.2) is 12.7 Å². The van der Waals surface area contributed by atoms with E-state index in [1.807, 2.05) is 6.92 Å². The van der Waals surface area contributed by atoms with Crippen LogP contribution in [0.4, 0.5) is 5.69 Å². The first-order valence-electron chi connectivity index (χ1n) is 9.69. The van der Waals surface area contributed by atoms with Crippen LogP contribution < -0.4 is 10.6 Å². The Balaban J connectivity index is 1.65. The number of para-hydroxylation sites is 1. The molecular formula is C21H23N3O5S. The fraction of sp³-hybridized carbons (Fsp3) is 0.286. The number of nitrogens with zero attached hydrogens (tertiary/aromatic N) is 1. The molecule has 158 valence electrons. The Kier molecular flexibility index (Phi) is 6.51. The zero-order valence-corrected chi connectivity index (χ0v) is 17.4. The second-order valence-electron chi connectivity index (χ2n) is 6.83. The smallest absolute Gasteiger partial charge is 0.269 e. The zero-order valence-electron chi connectivity index (χ0n) is 16.6. The van der Waals surface area contributed by atoms with Crippen molar-refractivity contribution in [2.24, 2.45) is 0 Å². The molecule has 0 aromatic heterocycles. The van der Waals surface area contributed by atoms with Gasteiger partial charge in [-0.3, -0.25) is 14.4 Å². The van der Waals surface area contributed by atoms with Gasteiger partial charge in [0.1, 0.15) is 4.90 Å². The third kappa shape index (κ3) is 4.35. The van der Waals surface area contributed by atoms with E-state index in [-0.39, 0.29) is 29.3 Å². The van der Waals surface area contributed by atoms with E-state index < -0.39 is 21.8 Å². The van der Waals surface area contributed by atoms with Crippen molar-refractivity contribution in [3.8, 4) is 0 Å². The van der Waals surface area contributed by atoms with Gasteiger partial charge in [0.15, 0.2) is 0 Å². The van der Waals surface area contributed by atoms with E-state index >= 15 is 0 Å². The number of carbonyl (C=O) groups excluding carboxylic acids is 3. The Bertz CT molecular complexity index is 1080. The molecule has 1 aliphatic rings. The summed E-state index contributed by atoms with van der Waals surface area (Å²) >= 11 is 0. The molecule has 3 rings (SSSR count). The third-order valence-electron chi connectivity index (χ3n) is 4.72. The summed E-state index contributed by atoms with van der Waals surface area (Å²) in [5, 5.41) is 5.43. The van der Waals surface area contributed by atoms with E-state index in [2.05, 4.69) is 10.6 Å². The lowest BCUT2D eigenvalue weighted by Crippen LogP contribution is -2.33. The van der Waals surface area contributed by atoms with Crippen LogP contribution in [0.3, 0.4) is 0 Å². The maximum Gasteiger partial charge on any atom is 0.269 e. The highest BCUT2D eigenvalue weighted by molar-refractivity contribution is 7.90. The highest BCUT2D eigenvalue weighted by atomic mass is 32.2. The molecule has 0 atom stereocenters. The van der Waals surface area contributed by atoms with Crippen molar-refractivity contribution >= 4 is 33.4 Å². The lowest BCUT2D eigenvalue weighted by atomic mass is 10.1. The van der Waals surface area contributed by atoms with Gasteiger partial charge in [-0.05, 0) is 30.7 Å². The van der Waals surface area contributed by atoms with E-state index in [1.165, 1.54) is 12.1 Å². The van der Waals surface area contributed by atoms with Crippen molar-refractivity contribution in [3.05, 3.63) is 59.7 Å². The number of benzene rings is 2.